The summed E-state index contributed by atoms with van der Waals surface area (Å²) in [6.07, 6.45) is 1.80. The molecule has 31 heavy (non-hydrogen) atoms. The number of piperazine rings is 1. The number of anilines is 2. The average Bonchev–Trinajstić information content (AvgIpc) is 3.28. The number of amides is 1. The molecule has 2 saturated heterocycles. The molecule has 0 saturated carbocycles. The van der Waals surface area contributed by atoms with Crippen LogP contribution in [0.25, 0.3) is 10.2 Å². The molecular weight excluding hydrogens is 408 g/mol. The van der Waals surface area contributed by atoms with Crippen molar-refractivity contribution >= 4 is 38.3 Å². The van der Waals surface area contributed by atoms with Crippen LogP contribution >= 0.6 is 11.3 Å². The van der Waals surface area contributed by atoms with E-state index in [1.165, 1.54) is 5.69 Å². The summed E-state index contributed by atoms with van der Waals surface area (Å²) in [5.41, 5.74) is 2.26. The number of benzene rings is 2. The number of ether oxygens (including phenoxy) is 1. The van der Waals surface area contributed by atoms with Crippen molar-refractivity contribution in [3.05, 3.63) is 48.5 Å². The Bertz CT molecular complexity index is 1040. The maximum Gasteiger partial charge on any atom is 0.225 e. The van der Waals surface area contributed by atoms with Gasteiger partial charge in [0.05, 0.1) is 17.3 Å². The Hall–Kier alpha value is -2.80. The van der Waals surface area contributed by atoms with E-state index in [1.54, 1.807) is 18.4 Å². The highest BCUT2D eigenvalue weighted by Crippen LogP contribution is 2.33. The van der Waals surface area contributed by atoms with Crippen molar-refractivity contribution in [1.82, 2.24) is 9.88 Å². The van der Waals surface area contributed by atoms with Gasteiger partial charge in [0.2, 0.25) is 5.91 Å². The van der Waals surface area contributed by atoms with E-state index in [0.717, 1.165) is 73.2 Å². The molecule has 0 bridgehead atoms. The van der Waals surface area contributed by atoms with Crippen LogP contribution in [0.5, 0.6) is 5.75 Å². The third-order valence-electron chi connectivity index (χ3n) is 6.41. The zero-order valence-electron chi connectivity index (χ0n) is 17.9. The molecule has 3 aromatic rings. The Morgan fingerprint density at radius 1 is 0.968 bits per heavy atom. The van der Waals surface area contributed by atoms with E-state index < -0.39 is 0 Å². The molecule has 7 heteroatoms. The van der Waals surface area contributed by atoms with Gasteiger partial charge in [0.15, 0.2) is 5.13 Å². The maximum absolute atomic E-state index is 13.1. The Morgan fingerprint density at radius 2 is 1.71 bits per heavy atom. The van der Waals surface area contributed by atoms with Crippen LogP contribution in [0.2, 0.25) is 0 Å². The highest BCUT2D eigenvalue weighted by Gasteiger charge is 2.31. The van der Waals surface area contributed by atoms with Crippen LogP contribution in [0.15, 0.2) is 48.5 Å². The number of rotatable bonds is 4. The quantitative estimate of drug-likeness (QED) is 0.621. The minimum absolute atomic E-state index is 0.133. The fourth-order valence-corrected chi connectivity index (χ4v) is 5.60. The molecule has 2 aromatic carbocycles. The molecule has 2 aliphatic rings. The van der Waals surface area contributed by atoms with Gasteiger partial charge in [-0.05, 0) is 43.2 Å². The summed E-state index contributed by atoms with van der Waals surface area (Å²) in [5.74, 6) is 1.33. The van der Waals surface area contributed by atoms with Crippen LogP contribution in [0.1, 0.15) is 12.8 Å². The molecule has 2 fully saturated rings. The molecule has 2 aliphatic heterocycles. The third-order valence-corrected chi connectivity index (χ3v) is 7.49. The highest BCUT2D eigenvalue weighted by atomic mass is 32.1. The molecule has 0 unspecified atom stereocenters. The zero-order chi connectivity index (χ0) is 21.2. The van der Waals surface area contributed by atoms with Crippen molar-refractivity contribution in [2.45, 2.75) is 12.8 Å². The predicted octanol–water partition coefficient (Wildman–Crippen LogP) is 3.87. The number of piperidine rings is 1. The number of hydrogen-bond donors (Lipinski definition) is 0. The summed E-state index contributed by atoms with van der Waals surface area (Å²) in [5, 5.41) is 1.05. The Morgan fingerprint density at radius 3 is 2.42 bits per heavy atom. The summed E-state index contributed by atoms with van der Waals surface area (Å²) >= 11 is 1.70. The molecule has 0 aliphatic carbocycles. The van der Waals surface area contributed by atoms with Crippen molar-refractivity contribution in [3.63, 3.8) is 0 Å². The summed E-state index contributed by atoms with van der Waals surface area (Å²) in [7, 11) is 1.69. The van der Waals surface area contributed by atoms with Gasteiger partial charge in [-0.2, -0.15) is 0 Å². The minimum atomic E-state index is 0.133. The zero-order valence-corrected chi connectivity index (χ0v) is 18.7. The second-order valence-electron chi connectivity index (χ2n) is 8.24. The van der Waals surface area contributed by atoms with E-state index in [4.69, 9.17) is 9.72 Å². The van der Waals surface area contributed by atoms with E-state index >= 15 is 0 Å². The first-order valence-corrected chi connectivity index (χ1v) is 11.8. The minimum Gasteiger partial charge on any atom is -0.497 e. The molecule has 1 aromatic heterocycles. The van der Waals surface area contributed by atoms with Crippen LogP contribution in [0.4, 0.5) is 10.8 Å². The van der Waals surface area contributed by atoms with Gasteiger partial charge in [-0.15, -0.1) is 0 Å². The number of fused-ring (bicyclic) bond motifs is 1. The SMILES string of the molecule is COc1ccc2nc(N3CCC(C(=O)N4CCN(c5ccccc5)CC4)CC3)sc2c1. The van der Waals surface area contributed by atoms with E-state index in [1.807, 2.05) is 24.3 Å². The van der Waals surface area contributed by atoms with Gasteiger partial charge in [0.1, 0.15) is 5.75 Å². The molecule has 0 N–H and O–H groups in total. The number of carbonyl (C=O) groups is 1. The van der Waals surface area contributed by atoms with E-state index in [9.17, 15) is 4.79 Å². The van der Waals surface area contributed by atoms with Crippen LogP contribution in [-0.4, -0.2) is 62.2 Å². The van der Waals surface area contributed by atoms with Crippen LogP contribution in [0, 0.1) is 5.92 Å². The van der Waals surface area contributed by atoms with Crippen molar-refractivity contribution in [3.8, 4) is 5.75 Å². The first-order valence-electron chi connectivity index (χ1n) is 11.0. The lowest BCUT2D eigenvalue weighted by molar-refractivity contribution is -0.136. The van der Waals surface area contributed by atoms with E-state index in [0.29, 0.717) is 5.91 Å². The van der Waals surface area contributed by atoms with E-state index in [2.05, 4.69) is 39.0 Å². The monoisotopic (exact) mass is 436 g/mol. The van der Waals surface area contributed by atoms with Crippen molar-refractivity contribution in [2.75, 3.05) is 56.2 Å². The van der Waals surface area contributed by atoms with Crippen molar-refractivity contribution in [1.29, 1.82) is 0 Å². The molecule has 3 heterocycles. The second-order valence-corrected chi connectivity index (χ2v) is 9.25. The number of hydrogen-bond acceptors (Lipinski definition) is 6. The maximum atomic E-state index is 13.1. The van der Waals surface area contributed by atoms with Gasteiger partial charge >= 0.3 is 0 Å². The smallest absolute Gasteiger partial charge is 0.225 e. The number of nitrogens with zero attached hydrogens (tertiary/aromatic N) is 4. The molecule has 0 atom stereocenters. The Labute approximate surface area is 187 Å². The molecule has 6 nitrogen and oxygen atoms in total. The molecule has 5 rings (SSSR count). The number of thiazole rings is 1. The normalized spacial score (nSPS) is 17.9. The Kier molecular flexibility index (Phi) is 5.68. The lowest BCUT2D eigenvalue weighted by Crippen LogP contribution is -2.51. The lowest BCUT2D eigenvalue weighted by atomic mass is 9.95. The van der Waals surface area contributed by atoms with Gasteiger partial charge in [-0.25, -0.2) is 4.98 Å². The summed E-state index contributed by atoms with van der Waals surface area (Å²) in [4.78, 5) is 24.7. The molecule has 1 amide bonds. The van der Waals surface area contributed by atoms with Crippen LogP contribution in [-0.2, 0) is 4.79 Å². The molecule has 0 spiro atoms. The third kappa shape index (κ3) is 4.19. The van der Waals surface area contributed by atoms with Gasteiger partial charge in [-0.3, -0.25) is 4.79 Å². The summed E-state index contributed by atoms with van der Waals surface area (Å²) in [6, 6.07) is 16.5. The summed E-state index contributed by atoms with van der Waals surface area (Å²) < 4.78 is 6.47. The first kappa shape index (κ1) is 20.1. The second kappa shape index (κ2) is 8.75. The molecular formula is C24H28N4O2S. The standard InChI is InChI=1S/C24H28N4O2S/c1-30-20-7-8-21-22(17-20)31-24(25-21)28-11-9-18(10-12-28)23(29)27-15-13-26(14-16-27)19-5-3-2-4-6-19/h2-8,17-18H,9-16H2,1H3. The number of methoxy groups -OCH3 is 1. The average molecular weight is 437 g/mol. The number of para-hydroxylation sites is 1. The number of aromatic nitrogens is 1. The number of carbonyl (C=O) groups excluding carboxylic acids is 1. The van der Waals surface area contributed by atoms with Gasteiger partial charge in [-0.1, -0.05) is 29.5 Å². The van der Waals surface area contributed by atoms with E-state index in [-0.39, 0.29) is 5.92 Å². The highest BCUT2D eigenvalue weighted by molar-refractivity contribution is 7.22. The van der Waals surface area contributed by atoms with Crippen molar-refractivity contribution < 1.29 is 9.53 Å². The van der Waals surface area contributed by atoms with Crippen LogP contribution < -0.4 is 14.5 Å². The molecule has 162 valence electrons. The predicted molar refractivity (Wildman–Crippen MR) is 126 cm³/mol. The topological polar surface area (TPSA) is 48.9 Å². The van der Waals surface area contributed by atoms with Crippen molar-refractivity contribution in [2.24, 2.45) is 5.92 Å². The fraction of sp³-hybridized carbons (Fsp3) is 0.417. The van der Waals surface area contributed by atoms with Gasteiger partial charge in [0, 0.05) is 50.9 Å². The van der Waals surface area contributed by atoms with Crippen LogP contribution in [0.3, 0.4) is 0 Å². The summed E-state index contributed by atoms with van der Waals surface area (Å²) in [6.45, 7) is 5.21. The fourth-order valence-electron chi connectivity index (χ4n) is 4.55. The first-order chi connectivity index (χ1) is 15.2. The Balaban J connectivity index is 1.16. The largest absolute Gasteiger partial charge is 0.497 e. The van der Waals surface area contributed by atoms with Gasteiger partial charge < -0.3 is 19.4 Å². The molecule has 0 radical (unpaired) electrons. The lowest BCUT2D eigenvalue weighted by Gasteiger charge is -2.39. The van der Waals surface area contributed by atoms with Gasteiger partial charge in [0.25, 0.3) is 0 Å².